The largest absolute Gasteiger partial charge is 0.439 e. The highest BCUT2D eigenvalue weighted by Crippen LogP contribution is 2.30. The van der Waals surface area contributed by atoms with E-state index in [1.54, 1.807) is 0 Å². The molecule has 1 unspecified atom stereocenters. The smallest absolute Gasteiger partial charge is 0.218 e. The molecule has 18 heavy (non-hydrogen) atoms. The summed E-state index contributed by atoms with van der Waals surface area (Å²) in [6.07, 6.45) is 0. The van der Waals surface area contributed by atoms with Crippen LogP contribution in [0.4, 0.5) is 0 Å². The van der Waals surface area contributed by atoms with Crippen LogP contribution in [0.15, 0.2) is 52.9 Å². The molecule has 0 N–H and O–H groups in total. The number of fused-ring (bicyclic) bond motifs is 1. The van der Waals surface area contributed by atoms with Crippen LogP contribution in [-0.4, -0.2) is 4.98 Å². The second-order valence-corrected chi connectivity index (χ2v) is 4.73. The van der Waals surface area contributed by atoms with Gasteiger partial charge in [-0.2, -0.15) is 0 Å². The third-order valence-corrected chi connectivity index (χ3v) is 3.31. The van der Waals surface area contributed by atoms with Gasteiger partial charge in [0, 0.05) is 0 Å². The zero-order chi connectivity index (χ0) is 12.5. The molecular formula is C15H12ClNO. The number of benzene rings is 2. The first-order valence-corrected chi connectivity index (χ1v) is 6.24. The first-order chi connectivity index (χ1) is 8.74. The van der Waals surface area contributed by atoms with Crippen molar-refractivity contribution in [1.29, 1.82) is 0 Å². The molecule has 2 nitrogen and oxygen atoms in total. The molecule has 0 fully saturated rings. The lowest BCUT2D eigenvalue weighted by Crippen LogP contribution is -1.92. The first-order valence-electron chi connectivity index (χ1n) is 5.80. The minimum atomic E-state index is -0.348. The van der Waals surface area contributed by atoms with Crippen LogP contribution in [0.5, 0.6) is 0 Å². The van der Waals surface area contributed by atoms with E-state index in [9.17, 15) is 0 Å². The third kappa shape index (κ3) is 2.00. The number of halogens is 1. The quantitative estimate of drug-likeness (QED) is 0.634. The standard InChI is InChI=1S/C15H12ClNO/c1-10-7-8-12-13(9-10)18-15(17-12)14(16)11-5-3-2-4-6-11/h2-9,14H,1H3. The zero-order valence-electron chi connectivity index (χ0n) is 9.93. The van der Waals surface area contributed by atoms with E-state index in [4.69, 9.17) is 16.0 Å². The number of aryl methyl sites for hydroxylation is 1. The fourth-order valence-electron chi connectivity index (χ4n) is 1.92. The molecule has 0 saturated heterocycles. The monoisotopic (exact) mass is 257 g/mol. The molecule has 0 bridgehead atoms. The molecule has 90 valence electrons. The summed E-state index contributed by atoms with van der Waals surface area (Å²) in [7, 11) is 0. The van der Waals surface area contributed by atoms with Gasteiger partial charge in [0.2, 0.25) is 5.89 Å². The van der Waals surface area contributed by atoms with Gasteiger partial charge in [-0.1, -0.05) is 36.4 Å². The SMILES string of the molecule is Cc1ccc2nc(C(Cl)c3ccccc3)oc2c1. The molecule has 3 heteroatoms. The van der Waals surface area contributed by atoms with Gasteiger partial charge in [0.15, 0.2) is 5.58 Å². The highest BCUT2D eigenvalue weighted by molar-refractivity contribution is 6.22. The summed E-state index contributed by atoms with van der Waals surface area (Å²) in [4.78, 5) is 4.43. The molecule has 1 heterocycles. The van der Waals surface area contributed by atoms with Crippen LogP contribution < -0.4 is 0 Å². The minimum absolute atomic E-state index is 0.348. The Labute approximate surface area is 110 Å². The minimum Gasteiger partial charge on any atom is -0.439 e. The van der Waals surface area contributed by atoms with E-state index < -0.39 is 0 Å². The summed E-state index contributed by atoms with van der Waals surface area (Å²) >= 11 is 6.39. The van der Waals surface area contributed by atoms with Crippen molar-refractivity contribution in [2.75, 3.05) is 0 Å². The van der Waals surface area contributed by atoms with Gasteiger partial charge in [0.25, 0.3) is 0 Å². The fourth-order valence-corrected chi connectivity index (χ4v) is 2.16. The number of hydrogen-bond acceptors (Lipinski definition) is 2. The van der Waals surface area contributed by atoms with Crippen molar-refractivity contribution in [3.63, 3.8) is 0 Å². The Bertz CT molecular complexity index is 675. The Hall–Kier alpha value is -1.80. The number of alkyl halides is 1. The molecule has 1 atom stereocenters. The summed E-state index contributed by atoms with van der Waals surface area (Å²) in [6.45, 7) is 2.02. The zero-order valence-corrected chi connectivity index (χ0v) is 10.7. The van der Waals surface area contributed by atoms with Gasteiger partial charge in [-0.15, -0.1) is 11.6 Å². The van der Waals surface area contributed by atoms with E-state index in [1.165, 1.54) is 0 Å². The van der Waals surface area contributed by atoms with Crippen molar-refractivity contribution < 1.29 is 4.42 Å². The van der Waals surface area contributed by atoms with E-state index in [2.05, 4.69) is 4.98 Å². The number of oxazole rings is 1. The Kier molecular flexibility index (Phi) is 2.80. The van der Waals surface area contributed by atoms with Crippen molar-refractivity contribution in [1.82, 2.24) is 4.98 Å². The predicted octanol–water partition coefficient (Wildman–Crippen LogP) is 4.46. The lowest BCUT2D eigenvalue weighted by molar-refractivity contribution is 0.538. The van der Waals surface area contributed by atoms with Crippen LogP contribution in [0.1, 0.15) is 22.4 Å². The summed E-state index contributed by atoms with van der Waals surface area (Å²) in [6, 6.07) is 15.8. The Morgan fingerprint density at radius 1 is 1.11 bits per heavy atom. The molecule has 0 radical (unpaired) electrons. The molecule has 0 amide bonds. The molecule has 0 aliphatic carbocycles. The van der Waals surface area contributed by atoms with Crippen molar-refractivity contribution in [2.24, 2.45) is 0 Å². The summed E-state index contributed by atoms with van der Waals surface area (Å²) in [5, 5.41) is -0.348. The van der Waals surface area contributed by atoms with Crippen LogP contribution in [0.25, 0.3) is 11.1 Å². The average Bonchev–Trinajstić information content (AvgIpc) is 2.81. The number of rotatable bonds is 2. The fraction of sp³-hybridized carbons (Fsp3) is 0.133. The first kappa shape index (κ1) is 11.3. The van der Waals surface area contributed by atoms with Crippen molar-refractivity contribution in [3.05, 3.63) is 65.5 Å². The third-order valence-electron chi connectivity index (χ3n) is 2.87. The van der Waals surface area contributed by atoms with Gasteiger partial charge in [-0.3, -0.25) is 0 Å². The van der Waals surface area contributed by atoms with Crippen LogP contribution in [0.2, 0.25) is 0 Å². The maximum absolute atomic E-state index is 6.39. The molecule has 1 aromatic heterocycles. The number of nitrogens with zero attached hydrogens (tertiary/aromatic N) is 1. The van der Waals surface area contributed by atoms with E-state index in [-0.39, 0.29) is 5.38 Å². The van der Waals surface area contributed by atoms with Gasteiger partial charge in [-0.05, 0) is 30.2 Å². The second-order valence-electron chi connectivity index (χ2n) is 4.30. The second kappa shape index (κ2) is 4.46. The highest BCUT2D eigenvalue weighted by Gasteiger charge is 2.17. The maximum Gasteiger partial charge on any atom is 0.218 e. The van der Waals surface area contributed by atoms with Crippen molar-refractivity contribution >= 4 is 22.7 Å². The van der Waals surface area contributed by atoms with Crippen LogP contribution in [0, 0.1) is 6.92 Å². The Balaban J connectivity index is 2.04. The Morgan fingerprint density at radius 3 is 2.67 bits per heavy atom. The molecule has 3 rings (SSSR count). The molecule has 0 spiro atoms. The summed E-state index contributed by atoms with van der Waals surface area (Å²) in [5.74, 6) is 0.545. The van der Waals surface area contributed by atoms with Crippen LogP contribution >= 0.6 is 11.6 Å². The number of hydrogen-bond donors (Lipinski definition) is 0. The van der Waals surface area contributed by atoms with Gasteiger partial charge in [-0.25, -0.2) is 4.98 Å². The van der Waals surface area contributed by atoms with Crippen LogP contribution in [-0.2, 0) is 0 Å². The van der Waals surface area contributed by atoms with Gasteiger partial charge < -0.3 is 4.42 Å². The van der Waals surface area contributed by atoms with Crippen molar-refractivity contribution in [2.45, 2.75) is 12.3 Å². The molecule has 2 aromatic carbocycles. The average molecular weight is 258 g/mol. The van der Waals surface area contributed by atoms with E-state index >= 15 is 0 Å². The normalized spacial score (nSPS) is 12.8. The Morgan fingerprint density at radius 2 is 1.89 bits per heavy atom. The van der Waals surface area contributed by atoms with E-state index in [0.717, 1.165) is 22.2 Å². The molecule has 0 aliphatic rings. The van der Waals surface area contributed by atoms with Gasteiger partial charge in [0.1, 0.15) is 10.9 Å². The molecule has 0 aliphatic heterocycles. The number of aromatic nitrogens is 1. The van der Waals surface area contributed by atoms with E-state index in [1.807, 2.05) is 55.5 Å². The lowest BCUT2D eigenvalue weighted by atomic mass is 10.1. The van der Waals surface area contributed by atoms with Crippen molar-refractivity contribution in [3.8, 4) is 0 Å². The maximum atomic E-state index is 6.39. The highest BCUT2D eigenvalue weighted by atomic mass is 35.5. The lowest BCUT2D eigenvalue weighted by Gasteiger charge is -2.04. The molecular weight excluding hydrogens is 246 g/mol. The topological polar surface area (TPSA) is 26.0 Å². The van der Waals surface area contributed by atoms with Gasteiger partial charge in [0.05, 0.1) is 0 Å². The molecule has 0 saturated carbocycles. The van der Waals surface area contributed by atoms with Gasteiger partial charge >= 0.3 is 0 Å². The van der Waals surface area contributed by atoms with E-state index in [0.29, 0.717) is 5.89 Å². The predicted molar refractivity (Wildman–Crippen MR) is 72.9 cm³/mol. The summed E-state index contributed by atoms with van der Waals surface area (Å²) < 4.78 is 5.72. The van der Waals surface area contributed by atoms with Crippen LogP contribution in [0.3, 0.4) is 0 Å². The summed E-state index contributed by atoms with van der Waals surface area (Å²) in [5.41, 5.74) is 3.77. The molecule has 3 aromatic rings.